The number of fused-ring (bicyclic) bond motifs is 1. The van der Waals surface area contributed by atoms with Gasteiger partial charge >= 0.3 is 0 Å². The van der Waals surface area contributed by atoms with E-state index in [9.17, 15) is 0 Å². The molecule has 0 amide bonds. The van der Waals surface area contributed by atoms with Crippen LogP contribution in [0.2, 0.25) is 0 Å². The maximum Gasteiger partial charge on any atom is 0.157 e. The van der Waals surface area contributed by atoms with Gasteiger partial charge in [-0.15, -0.1) is 11.3 Å². The molecule has 0 radical (unpaired) electrons. The van der Waals surface area contributed by atoms with Gasteiger partial charge in [-0.1, -0.05) is 36.4 Å². The Hall–Kier alpha value is -2.66. The highest BCUT2D eigenvalue weighted by Gasteiger charge is 2.06. The zero-order valence-electron chi connectivity index (χ0n) is 11.8. The van der Waals surface area contributed by atoms with E-state index in [2.05, 4.69) is 45.0 Å². The highest BCUT2D eigenvalue weighted by molar-refractivity contribution is 7.09. The van der Waals surface area contributed by atoms with Crippen molar-refractivity contribution in [3.63, 3.8) is 0 Å². The summed E-state index contributed by atoms with van der Waals surface area (Å²) in [6.07, 6.45) is 1.94. The second-order valence-corrected chi connectivity index (χ2v) is 5.98. The van der Waals surface area contributed by atoms with E-state index in [0.717, 1.165) is 29.3 Å². The average molecular weight is 306 g/mol. The molecule has 22 heavy (non-hydrogen) atoms. The van der Waals surface area contributed by atoms with Crippen LogP contribution < -0.4 is 5.32 Å². The number of thiophene rings is 1. The first kappa shape index (κ1) is 13.0. The summed E-state index contributed by atoms with van der Waals surface area (Å²) < 4.78 is 1.80. The molecule has 0 spiro atoms. The molecule has 4 nitrogen and oxygen atoms in total. The Kier molecular flexibility index (Phi) is 3.33. The van der Waals surface area contributed by atoms with Crippen LogP contribution >= 0.6 is 11.3 Å². The Bertz CT molecular complexity index is 882. The van der Waals surface area contributed by atoms with Crippen molar-refractivity contribution in [1.29, 1.82) is 0 Å². The van der Waals surface area contributed by atoms with Crippen molar-refractivity contribution in [2.24, 2.45) is 0 Å². The van der Waals surface area contributed by atoms with Gasteiger partial charge in [0.2, 0.25) is 0 Å². The molecule has 4 rings (SSSR count). The minimum Gasteiger partial charge on any atom is -0.365 e. The molecule has 0 aliphatic rings. The number of nitrogens with one attached hydrogen (secondary N) is 1. The van der Waals surface area contributed by atoms with E-state index in [0.29, 0.717) is 0 Å². The molecule has 0 saturated heterocycles. The molecule has 0 bridgehead atoms. The van der Waals surface area contributed by atoms with Crippen molar-refractivity contribution in [3.8, 4) is 11.3 Å². The predicted octanol–water partition coefficient (Wildman–Crippen LogP) is 4.07. The number of hydrogen-bond acceptors (Lipinski definition) is 4. The van der Waals surface area contributed by atoms with E-state index < -0.39 is 0 Å². The summed E-state index contributed by atoms with van der Waals surface area (Å²) in [6.45, 7) is 0.792. The summed E-state index contributed by atoms with van der Waals surface area (Å²) in [7, 11) is 0. The lowest BCUT2D eigenvalue weighted by molar-refractivity contribution is 0.941. The van der Waals surface area contributed by atoms with Crippen LogP contribution in [-0.4, -0.2) is 14.6 Å². The number of nitrogens with zero attached hydrogens (tertiary/aromatic N) is 3. The van der Waals surface area contributed by atoms with Crippen molar-refractivity contribution in [3.05, 3.63) is 71.1 Å². The predicted molar refractivity (Wildman–Crippen MR) is 90.1 cm³/mol. The molecule has 3 aromatic heterocycles. The second-order valence-electron chi connectivity index (χ2n) is 4.94. The Morgan fingerprint density at radius 1 is 1.05 bits per heavy atom. The van der Waals surface area contributed by atoms with E-state index in [1.54, 1.807) is 15.9 Å². The monoisotopic (exact) mass is 306 g/mol. The summed E-state index contributed by atoms with van der Waals surface area (Å²) >= 11 is 1.74. The van der Waals surface area contributed by atoms with Crippen molar-refractivity contribution in [1.82, 2.24) is 14.6 Å². The van der Waals surface area contributed by atoms with Crippen molar-refractivity contribution < 1.29 is 0 Å². The Morgan fingerprint density at radius 2 is 1.95 bits per heavy atom. The van der Waals surface area contributed by atoms with Crippen molar-refractivity contribution >= 4 is 22.8 Å². The fourth-order valence-corrected chi connectivity index (χ4v) is 2.96. The van der Waals surface area contributed by atoms with E-state index in [1.807, 2.05) is 36.5 Å². The zero-order chi connectivity index (χ0) is 14.8. The second kappa shape index (κ2) is 5.61. The molecular weight excluding hydrogens is 292 g/mol. The third kappa shape index (κ3) is 2.58. The van der Waals surface area contributed by atoms with Crippen LogP contribution in [0.4, 0.5) is 5.82 Å². The Labute approximate surface area is 132 Å². The Balaban J connectivity index is 1.61. The fourth-order valence-electron chi connectivity index (χ4n) is 2.32. The maximum atomic E-state index is 4.61. The molecule has 5 heteroatoms. The molecule has 0 atom stereocenters. The van der Waals surface area contributed by atoms with Crippen LogP contribution in [0.5, 0.6) is 0 Å². The van der Waals surface area contributed by atoms with E-state index in [4.69, 9.17) is 0 Å². The fraction of sp³-hybridized carbons (Fsp3) is 0.0588. The van der Waals surface area contributed by atoms with Crippen molar-refractivity contribution in [2.45, 2.75) is 6.54 Å². The first-order valence-corrected chi connectivity index (χ1v) is 7.94. The molecule has 108 valence electrons. The van der Waals surface area contributed by atoms with Gasteiger partial charge in [0.15, 0.2) is 5.65 Å². The van der Waals surface area contributed by atoms with Gasteiger partial charge in [-0.3, -0.25) is 0 Å². The van der Waals surface area contributed by atoms with Gasteiger partial charge in [-0.2, -0.15) is 5.10 Å². The van der Waals surface area contributed by atoms with Gasteiger partial charge in [0.1, 0.15) is 5.82 Å². The molecule has 0 aliphatic heterocycles. The number of benzene rings is 1. The molecular formula is C17H14N4S. The summed E-state index contributed by atoms with van der Waals surface area (Å²) in [5, 5.41) is 9.99. The summed E-state index contributed by atoms with van der Waals surface area (Å²) in [6, 6.07) is 18.3. The number of hydrogen-bond donors (Lipinski definition) is 1. The standard InChI is InChI=1S/C17H14N4S/c1-2-5-13(6-3-1)15-11-17-19-16(8-9-21(17)20-15)18-12-14-7-4-10-22-14/h1-11H,12H2,(H,18,19). The van der Waals surface area contributed by atoms with Gasteiger partial charge < -0.3 is 5.32 Å². The topological polar surface area (TPSA) is 42.2 Å². The van der Waals surface area contributed by atoms with Crippen LogP contribution in [0.15, 0.2) is 66.2 Å². The van der Waals surface area contributed by atoms with E-state index in [-0.39, 0.29) is 0 Å². The SMILES string of the molecule is c1ccc(-c2cc3nc(NCc4cccs4)ccn3n2)cc1. The lowest BCUT2D eigenvalue weighted by atomic mass is 10.2. The smallest absolute Gasteiger partial charge is 0.157 e. The number of anilines is 1. The van der Waals surface area contributed by atoms with E-state index >= 15 is 0 Å². The quantitative estimate of drug-likeness (QED) is 0.618. The molecule has 4 aromatic rings. The first-order valence-electron chi connectivity index (χ1n) is 7.06. The highest BCUT2D eigenvalue weighted by Crippen LogP contribution is 2.19. The average Bonchev–Trinajstić information content (AvgIpc) is 3.22. The molecule has 0 fully saturated rings. The summed E-state index contributed by atoms with van der Waals surface area (Å²) in [4.78, 5) is 5.91. The van der Waals surface area contributed by atoms with Crippen LogP contribution in [0.1, 0.15) is 4.88 Å². The molecule has 1 N–H and O–H groups in total. The molecule has 0 aliphatic carbocycles. The lowest BCUT2D eigenvalue weighted by Gasteiger charge is -2.03. The van der Waals surface area contributed by atoms with Gasteiger partial charge in [0, 0.05) is 22.7 Å². The van der Waals surface area contributed by atoms with E-state index in [1.165, 1.54) is 4.88 Å². The molecule has 1 aromatic carbocycles. The van der Waals surface area contributed by atoms with Crippen LogP contribution in [-0.2, 0) is 6.54 Å². The van der Waals surface area contributed by atoms with Gasteiger partial charge in [-0.25, -0.2) is 9.50 Å². The van der Waals surface area contributed by atoms with Crippen LogP contribution in [0.3, 0.4) is 0 Å². The molecule has 3 heterocycles. The lowest BCUT2D eigenvalue weighted by Crippen LogP contribution is -2.01. The van der Waals surface area contributed by atoms with Crippen LogP contribution in [0.25, 0.3) is 16.9 Å². The molecule has 0 saturated carbocycles. The number of aromatic nitrogens is 3. The zero-order valence-corrected chi connectivity index (χ0v) is 12.6. The minimum absolute atomic E-state index is 0.792. The first-order chi connectivity index (χ1) is 10.9. The summed E-state index contributed by atoms with van der Waals surface area (Å²) in [5.74, 6) is 0.861. The number of rotatable bonds is 4. The van der Waals surface area contributed by atoms with Crippen molar-refractivity contribution in [2.75, 3.05) is 5.32 Å². The van der Waals surface area contributed by atoms with Crippen LogP contribution in [0, 0.1) is 0 Å². The Morgan fingerprint density at radius 3 is 2.77 bits per heavy atom. The molecule has 0 unspecified atom stereocenters. The minimum atomic E-state index is 0.792. The normalized spacial score (nSPS) is 10.9. The third-order valence-corrected chi connectivity index (χ3v) is 4.29. The van der Waals surface area contributed by atoms with Gasteiger partial charge in [0.05, 0.1) is 12.2 Å². The van der Waals surface area contributed by atoms with Gasteiger partial charge in [0.25, 0.3) is 0 Å². The highest BCUT2D eigenvalue weighted by atomic mass is 32.1. The van der Waals surface area contributed by atoms with Gasteiger partial charge in [-0.05, 0) is 17.5 Å². The maximum absolute atomic E-state index is 4.61. The third-order valence-electron chi connectivity index (χ3n) is 3.42. The summed E-state index contributed by atoms with van der Waals surface area (Å²) in [5.41, 5.74) is 2.87. The largest absolute Gasteiger partial charge is 0.365 e.